The average molecular weight is 323 g/mol. The van der Waals surface area contributed by atoms with E-state index in [0.29, 0.717) is 6.54 Å². The molecule has 2 rings (SSSR count). The van der Waals surface area contributed by atoms with Gasteiger partial charge >= 0.3 is 0 Å². The maximum atomic E-state index is 13.7. The molecule has 0 aliphatic rings. The van der Waals surface area contributed by atoms with Crippen LogP contribution in [0, 0.1) is 23.0 Å². The Kier molecular flexibility index (Phi) is 4.13. The van der Waals surface area contributed by atoms with Crippen LogP contribution >= 0.6 is 15.9 Å². The lowest BCUT2D eigenvalue weighted by Crippen LogP contribution is -2.04. The fourth-order valence-electron chi connectivity index (χ4n) is 1.60. The predicted octanol–water partition coefficient (Wildman–Crippen LogP) is 4.21. The molecule has 0 radical (unpaired) electrons. The molecule has 0 atom stereocenters. The normalized spacial score (nSPS) is 10.0. The molecular weight excluding hydrogens is 314 g/mol. The van der Waals surface area contributed by atoms with Gasteiger partial charge in [0, 0.05) is 11.0 Å². The van der Waals surface area contributed by atoms with Crippen molar-refractivity contribution in [3.63, 3.8) is 0 Å². The van der Waals surface area contributed by atoms with Gasteiger partial charge in [0.25, 0.3) is 0 Å². The molecule has 1 N–H and O–H groups in total. The van der Waals surface area contributed by atoms with Crippen LogP contribution in [-0.4, -0.2) is 0 Å². The van der Waals surface area contributed by atoms with E-state index in [4.69, 9.17) is 5.26 Å². The second-order valence-corrected chi connectivity index (χ2v) is 4.70. The lowest BCUT2D eigenvalue weighted by Gasteiger charge is -2.09. The van der Waals surface area contributed by atoms with E-state index in [1.54, 1.807) is 6.07 Å². The van der Waals surface area contributed by atoms with Crippen LogP contribution in [0.5, 0.6) is 0 Å². The monoisotopic (exact) mass is 322 g/mol. The van der Waals surface area contributed by atoms with Gasteiger partial charge in [-0.05, 0) is 23.8 Å². The molecule has 0 saturated carbocycles. The van der Waals surface area contributed by atoms with Crippen molar-refractivity contribution < 1.29 is 8.78 Å². The molecule has 0 aliphatic carbocycles. The first-order valence-electron chi connectivity index (χ1n) is 5.49. The summed E-state index contributed by atoms with van der Waals surface area (Å²) >= 11 is 3.37. The number of rotatable bonds is 3. The summed E-state index contributed by atoms with van der Waals surface area (Å²) < 4.78 is 28.0. The Morgan fingerprint density at radius 2 is 1.84 bits per heavy atom. The van der Waals surface area contributed by atoms with Crippen LogP contribution in [0.2, 0.25) is 0 Å². The number of hydrogen-bond donors (Lipinski definition) is 1. The maximum absolute atomic E-state index is 13.7. The fourth-order valence-corrected chi connectivity index (χ4v) is 2.03. The fraction of sp³-hybridized carbons (Fsp3) is 0.0714. The van der Waals surface area contributed by atoms with Crippen molar-refractivity contribution in [2.24, 2.45) is 0 Å². The van der Waals surface area contributed by atoms with Crippen LogP contribution in [0.4, 0.5) is 14.5 Å². The van der Waals surface area contributed by atoms with Crippen molar-refractivity contribution in [1.82, 2.24) is 0 Å². The van der Waals surface area contributed by atoms with Gasteiger partial charge in [-0.2, -0.15) is 5.26 Å². The van der Waals surface area contributed by atoms with Gasteiger partial charge in [0.05, 0.1) is 11.3 Å². The molecule has 5 heteroatoms. The number of halogens is 3. The molecule has 0 aromatic heterocycles. The molecular formula is C14H9BrF2N2. The smallest absolute Gasteiger partial charge is 0.183 e. The first kappa shape index (κ1) is 13.5. The van der Waals surface area contributed by atoms with Crippen molar-refractivity contribution in [1.29, 1.82) is 5.26 Å². The Bertz CT molecular complexity index is 650. The molecule has 0 spiro atoms. The molecule has 0 bridgehead atoms. The van der Waals surface area contributed by atoms with Gasteiger partial charge in [0.2, 0.25) is 0 Å². The highest BCUT2D eigenvalue weighted by Gasteiger charge is 2.13. The number of benzene rings is 2. The van der Waals surface area contributed by atoms with Crippen molar-refractivity contribution in [3.05, 3.63) is 63.6 Å². The second-order valence-electron chi connectivity index (χ2n) is 3.85. The number of nitriles is 1. The van der Waals surface area contributed by atoms with Crippen LogP contribution in [0.3, 0.4) is 0 Å². The topological polar surface area (TPSA) is 35.8 Å². The minimum atomic E-state index is -1.13. The lowest BCUT2D eigenvalue weighted by atomic mass is 10.2. The standard InChI is InChI=1S/C14H9BrF2N2/c15-11-4-2-1-3-10(11)8-19-12-6-5-9(7-18)13(16)14(12)17/h1-6,19H,8H2. The Balaban J connectivity index is 2.20. The number of nitrogens with zero attached hydrogens (tertiary/aromatic N) is 1. The predicted molar refractivity (Wildman–Crippen MR) is 72.5 cm³/mol. The lowest BCUT2D eigenvalue weighted by molar-refractivity contribution is 0.508. The summed E-state index contributed by atoms with van der Waals surface area (Å²) in [5.41, 5.74) is 0.655. The zero-order valence-electron chi connectivity index (χ0n) is 9.75. The highest BCUT2D eigenvalue weighted by molar-refractivity contribution is 9.10. The first-order chi connectivity index (χ1) is 9.13. The molecule has 2 aromatic carbocycles. The summed E-state index contributed by atoms with van der Waals surface area (Å²) in [5, 5.41) is 11.4. The van der Waals surface area contributed by atoms with E-state index in [0.717, 1.165) is 10.0 Å². The third-order valence-electron chi connectivity index (χ3n) is 2.63. The third-order valence-corrected chi connectivity index (χ3v) is 3.40. The summed E-state index contributed by atoms with van der Waals surface area (Å²) in [5.74, 6) is -2.16. The van der Waals surface area contributed by atoms with E-state index >= 15 is 0 Å². The van der Waals surface area contributed by atoms with Gasteiger partial charge in [-0.25, -0.2) is 8.78 Å². The van der Waals surface area contributed by atoms with E-state index in [1.165, 1.54) is 12.1 Å². The molecule has 0 aliphatic heterocycles. The summed E-state index contributed by atoms with van der Waals surface area (Å²) in [4.78, 5) is 0. The SMILES string of the molecule is N#Cc1ccc(NCc2ccccc2Br)c(F)c1F. The number of anilines is 1. The van der Waals surface area contributed by atoms with Gasteiger partial charge in [0.1, 0.15) is 6.07 Å². The summed E-state index contributed by atoms with van der Waals surface area (Å²) in [6.07, 6.45) is 0. The molecule has 96 valence electrons. The highest BCUT2D eigenvalue weighted by atomic mass is 79.9. The van der Waals surface area contributed by atoms with Crippen LogP contribution in [-0.2, 0) is 6.54 Å². The van der Waals surface area contributed by atoms with Crippen LogP contribution in [0.15, 0.2) is 40.9 Å². The zero-order chi connectivity index (χ0) is 13.8. The van der Waals surface area contributed by atoms with Crippen molar-refractivity contribution >= 4 is 21.6 Å². The molecule has 0 unspecified atom stereocenters. The van der Waals surface area contributed by atoms with E-state index in [-0.39, 0.29) is 11.3 Å². The minimum absolute atomic E-state index is 0.0345. The minimum Gasteiger partial charge on any atom is -0.378 e. The Labute approximate surface area is 117 Å². The van der Waals surface area contributed by atoms with Gasteiger partial charge in [-0.15, -0.1) is 0 Å². The van der Waals surface area contributed by atoms with Crippen molar-refractivity contribution in [2.45, 2.75) is 6.54 Å². The molecule has 0 amide bonds. The van der Waals surface area contributed by atoms with Crippen LogP contribution in [0.1, 0.15) is 11.1 Å². The molecule has 0 fully saturated rings. The van der Waals surface area contributed by atoms with Gasteiger partial charge in [-0.3, -0.25) is 0 Å². The van der Waals surface area contributed by atoms with Crippen LogP contribution in [0.25, 0.3) is 0 Å². The first-order valence-corrected chi connectivity index (χ1v) is 6.28. The summed E-state index contributed by atoms with van der Waals surface area (Å²) in [6.45, 7) is 0.351. The van der Waals surface area contributed by atoms with Crippen molar-refractivity contribution in [2.75, 3.05) is 5.32 Å². The van der Waals surface area contributed by atoms with Gasteiger partial charge in [0.15, 0.2) is 11.6 Å². The van der Waals surface area contributed by atoms with Gasteiger partial charge < -0.3 is 5.32 Å². The maximum Gasteiger partial charge on any atom is 0.183 e. The van der Waals surface area contributed by atoms with E-state index in [2.05, 4.69) is 21.2 Å². The number of hydrogen-bond acceptors (Lipinski definition) is 2. The largest absolute Gasteiger partial charge is 0.378 e. The van der Waals surface area contributed by atoms with E-state index in [9.17, 15) is 8.78 Å². The van der Waals surface area contributed by atoms with Crippen molar-refractivity contribution in [3.8, 4) is 6.07 Å². The third kappa shape index (κ3) is 2.91. The average Bonchev–Trinajstić information content (AvgIpc) is 2.42. The molecule has 19 heavy (non-hydrogen) atoms. The van der Waals surface area contributed by atoms with Crippen LogP contribution < -0.4 is 5.32 Å². The molecule has 0 saturated heterocycles. The Morgan fingerprint density at radius 1 is 1.11 bits per heavy atom. The zero-order valence-corrected chi connectivity index (χ0v) is 11.3. The van der Waals surface area contributed by atoms with Gasteiger partial charge in [-0.1, -0.05) is 34.1 Å². The van der Waals surface area contributed by atoms with E-state index < -0.39 is 11.6 Å². The quantitative estimate of drug-likeness (QED) is 0.918. The molecule has 2 nitrogen and oxygen atoms in total. The Hall–Kier alpha value is -1.93. The summed E-state index contributed by atoms with van der Waals surface area (Å²) in [7, 11) is 0. The van der Waals surface area contributed by atoms with E-state index in [1.807, 2.05) is 24.3 Å². The highest BCUT2D eigenvalue weighted by Crippen LogP contribution is 2.22. The summed E-state index contributed by atoms with van der Waals surface area (Å²) in [6, 6.07) is 11.7. The number of nitrogens with one attached hydrogen (secondary N) is 1. The molecule has 2 aromatic rings. The second kappa shape index (κ2) is 5.81. The Morgan fingerprint density at radius 3 is 2.53 bits per heavy atom. The molecule has 0 heterocycles.